The molecular weight excluding hydrogens is 488 g/mol. The first-order valence-electron chi connectivity index (χ1n) is 13.3. The predicted molar refractivity (Wildman–Crippen MR) is 157 cm³/mol. The molecule has 0 aromatic carbocycles. The zero-order valence-electron chi connectivity index (χ0n) is 22.9. The maximum atomic E-state index is 4.94. The van der Waals surface area contributed by atoms with Gasteiger partial charge in [0, 0.05) is 53.7 Å². The number of pyridine rings is 4. The molecule has 2 N–H and O–H groups in total. The van der Waals surface area contributed by atoms with E-state index in [0.717, 1.165) is 90.0 Å². The van der Waals surface area contributed by atoms with Crippen LogP contribution in [0.5, 0.6) is 0 Å². The number of nitrogens with zero attached hydrogens (tertiary/aromatic N) is 8. The van der Waals surface area contributed by atoms with E-state index in [1.54, 1.807) is 0 Å². The molecule has 6 heterocycles. The normalized spacial score (nSPS) is 13.6. The standard InChI is InChI=1S/C29H34N10/c1-36-22-8-5-17-33-27(22)39(4)29-24(36)12-10-21(35-29)19-31-15-7-14-30-18-20-11-13-25-28(34-20)38(3)23-9-6-16-32-26(23)37(25)2/h5-6,8-13,16-17,30-31H,7,14-15,18-19H2,1-4H3. The minimum absolute atomic E-state index is 0.725. The lowest BCUT2D eigenvalue weighted by atomic mass is 10.2. The van der Waals surface area contributed by atoms with Crippen molar-refractivity contribution in [1.82, 2.24) is 30.6 Å². The predicted octanol–water partition coefficient (Wildman–Crippen LogP) is 4.23. The third-order valence-corrected chi connectivity index (χ3v) is 7.39. The van der Waals surface area contributed by atoms with E-state index in [2.05, 4.69) is 83.6 Å². The van der Waals surface area contributed by atoms with Crippen molar-refractivity contribution in [3.63, 3.8) is 0 Å². The lowest BCUT2D eigenvalue weighted by molar-refractivity contribution is 0.587. The minimum atomic E-state index is 0.725. The van der Waals surface area contributed by atoms with Crippen molar-refractivity contribution in [3.8, 4) is 0 Å². The van der Waals surface area contributed by atoms with Crippen LogP contribution in [0.3, 0.4) is 0 Å². The Labute approximate surface area is 229 Å². The van der Waals surface area contributed by atoms with Crippen LogP contribution >= 0.6 is 0 Å². The van der Waals surface area contributed by atoms with Gasteiger partial charge in [0.25, 0.3) is 0 Å². The summed E-state index contributed by atoms with van der Waals surface area (Å²) in [5, 5.41) is 7.06. The molecule has 0 aliphatic carbocycles. The number of rotatable bonds is 8. The van der Waals surface area contributed by atoms with Gasteiger partial charge in [0.1, 0.15) is 0 Å². The largest absolute Gasteiger partial charge is 0.339 e. The molecule has 39 heavy (non-hydrogen) atoms. The van der Waals surface area contributed by atoms with Crippen LogP contribution in [-0.4, -0.2) is 61.2 Å². The van der Waals surface area contributed by atoms with Crippen LogP contribution in [0, 0.1) is 0 Å². The Hall–Kier alpha value is -4.28. The third-order valence-electron chi connectivity index (χ3n) is 7.39. The Morgan fingerprint density at radius 2 is 1.00 bits per heavy atom. The number of anilines is 8. The Morgan fingerprint density at radius 1 is 0.538 bits per heavy atom. The van der Waals surface area contributed by atoms with Gasteiger partial charge in [-0.1, -0.05) is 0 Å². The second-order valence-corrected chi connectivity index (χ2v) is 9.93. The highest BCUT2D eigenvalue weighted by Gasteiger charge is 2.27. The molecule has 10 nitrogen and oxygen atoms in total. The molecule has 0 unspecified atom stereocenters. The fraction of sp³-hybridized carbons (Fsp3) is 0.310. The second kappa shape index (κ2) is 10.5. The lowest BCUT2D eigenvalue weighted by Crippen LogP contribution is -2.27. The third kappa shape index (κ3) is 4.62. The first-order chi connectivity index (χ1) is 19.0. The molecule has 10 heteroatoms. The Bertz CT molecular complexity index is 1380. The number of nitrogens with one attached hydrogen (secondary N) is 2. The van der Waals surface area contributed by atoms with Crippen molar-refractivity contribution in [2.75, 3.05) is 60.9 Å². The van der Waals surface area contributed by atoms with Gasteiger partial charge < -0.3 is 30.2 Å². The van der Waals surface area contributed by atoms with Crippen molar-refractivity contribution in [2.45, 2.75) is 19.5 Å². The van der Waals surface area contributed by atoms with Gasteiger partial charge >= 0.3 is 0 Å². The summed E-state index contributed by atoms with van der Waals surface area (Å²) in [5.41, 5.74) is 6.33. The summed E-state index contributed by atoms with van der Waals surface area (Å²) < 4.78 is 0. The zero-order chi connectivity index (χ0) is 26.9. The minimum Gasteiger partial charge on any atom is -0.339 e. The summed E-state index contributed by atoms with van der Waals surface area (Å²) in [5.74, 6) is 3.75. The summed E-state index contributed by atoms with van der Waals surface area (Å²) in [6.07, 6.45) is 4.66. The highest BCUT2D eigenvalue weighted by molar-refractivity contribution is 5.89. The molecule has 0 saturated heterocycles. The van der Waals surface area contributed by atoms with Crippen LogP contribution in [0.2, 0.25) is 0 Å². The van der Waals surface area contributed by atoms with Crippen LogP contribution in [0.15, 0.2) is 60.9 Å². The molecule has 2 aliphatic rings. The SMILES string of the molecule is CN1c2cccnc2N(C)c2nc(CNCCCNCc3ccc4c(n3)N(C)c3cccnc3N4C)ccc21. The van der Waals surface area contributed by atoms with Crippen LogP contribution in [0.1, 0.15) is 17.8 Å². The zero-order valence-corrected chi connectivity index (χ0v) is 22.9. The molecule has 2 aliphatic heterocycles. The van der Waals surface area contributed by atoms with Crippen molar-refractivity contribution in [1.29, 1.82) is 0 Å². The first kappa shape index (κ1) is 25.0. The average Bonchev–Trinajstić information content (AvgIpc) is 2.98. The van der Waals surface area contributed by atoms with Crippen LogP contribution in [-0.2, 0) is 13.1 Å². The lowest BCUT2D eigenvalue weighted by Gasteiger charge is -2.34. The topological polar surface area (TPSA) is 88.6 Å². The van der Waals surface area contributed by atoms with Crippen molar-refractivity contribution in [2.24, 2.45) is 0 Å². The van der Waals surface area contributed by atoms with Gasteiger partial charge in [-0.25, -0.2) is 19.9 Å². The summed E-state index contributed by atoms with van der Waals surface area (Å²) in [6.45, 7) is 3.26. The summed E-state index contributed by atoms with van der Waals surface area (Å²) in [7, 11) is 8.17. The maximum absolute atomic E-state index is 4.94. The van der Waals surface area contributed by atoms with Crippen LogP contribution in [0.25, 0.3) is 0 Å². The van der Waals surface area contributed by atoms with Gasteiger partial charge in [0.05, 0.1) is 34.1 Å². The van der Waals surface area contributed by atoms with E-state index in [1.807, 2.05) is 45.7 Å². The molecule has 0 atom stereocenters. The molecule has 0 bridgehead atoms. The van der Waals surface area contributed by atoms with Gasteiger partial charge in [-0.15, -0.1) is 0 Å². The van der Waals surface area contributed by atoms with Crippen molar-refractivity contribution >= 4 is 46.0 Å². The van der Waals surface area contributed by atoms with Gasteiger partial charge in [0.15, 0.2) is 23.3 Å². The monoisotopic (exact) mass is 522 g/mol. The average molecular weight is 523 g/mol. The molecule has 0 saturated carbocycles. The molecule has 0 amide bonds. The molecule has 200 valence electrons. The molecule has 6 rings (SSSR count). The van der Waals surface area contributed by atoms with E-state index in [1.165, 1.54) is 0 Å². The maximum Gasteiger partial charge on any atom is 0.158 e. The second-order valence-electron chi connectivity index (χ2n) is 9.93. The van der Waals surface area contributed by atoms with Gasteiger partial charge in [-0.2, -0.15) is 0 Å². The molecular formula is C29H34N10. The van der Waals surface area contributed by atoms with E-state index in [9.17, 15) is 0 Å². The summed E-state index contributed by atoms with van der Waals surface area (Å²) in [6, 6.07) is 16.5. The summed E-state index contributed by atoms with van der Waals surface area (Å²) >= 11 is 0. The van der Waals surface area contributed by atoms with E-state index < -0.39 is 0 Å². The van der Waals surface area contributed by atoms with Crippen molar-refractivity contribution in [3.05, 3.63) is 72.3 Å². The molecule has 0 fully saturated rings. The van der Waals surface area contributed by atoms with Gasteiger partial charge in [0.2, 0.25) is 0 Å². The fourth-order valence-corrected chi connectivity index (χ4v) is 5.22. The van der Waals surface area contributed by atoms with Gasteiger partial charge in [-0.3, -0.25) is 0 Å². The first-order valence-corrected chi connectivity index (χ1v) is 13.3. The van der Waals surface area contributed by atoms with E-state index >= 15 is 0 Å². The number of aromatic nitrogens is 4. The Morgan fingerprint density at radius 3 is 1.62 bits per heavy atom. The Balaban J connectivity index is 0.979. The quantitative estimate of drug-likeness (QED) is 0.328. The smallest absolute Gasteiger partial charge is 0.158 e. The van der Waals surface area contributed by atoms with Crippen molar-refractivity contribution < 1.29 is 0 Å². The highest BCUT2D eigenvalue weighted by atomic mass is 15.3. The molecule has 0 spiro atoms. The van der Waals surface area contributed by atoms with Gasteiger partial charge in [-0.05, 0) is 68.0 Å². The highest BCUT2D eigenvalue weighted by Crippen LogP contribution is 2.44. The fourth-order valence-electron chi connectivity index (χ4n) is 5.22. The molecule has 4 aromatic heterocycles. The number of hydrogen-bond acceptors (Lipinski definition) is 10. The van der Waals surface area contributed by atoms with E-state index in [-0.39, 0.29) is 0 Å². The van der Waals surface area contributed by atoms with Crippen LogP contribution < -0.4 is 30.2 Å². The van der Waals surface area contributed by atoms with E-state index in [4.69, 9.17) is 9.97 Å². The van der Waals surface area contributed by atoms with Crippen LogP contribution in [0.4, 0.5) is 46.0 Å². The molecule has 4 aromatic rings. The summed E-state index contributed by atoms with van der Waals surface area (Å²) in [4.78, 5) is 27.4. The number of hydrogen-bond donors (Lipinski definition) is 2. The Kier molecular flexibility index (Phi) is 6.72. The molecule has 0 radical (unpaired) electrons. The number of fused-ring (bicyclic) bond motifs is 4. The van der Waals surface area contributed by atoms with E-state index in [0.29, 0.717) is 0 Å².